The van der Waals surface area contributed by atoms with E-state index in [2.05, 4.69) is 10.2 Å². The van der Waals surface area contributed by atoms with E-state index < -0.39 is 0 Å². The van der Waals surface area contributed by atoms with Crippen molar-refractivity contribution in [1.82, 2.24) is 10.2 Å². The first-order chi connectivity index (χ1) is 5.38. The van der Waals surface area contributed by atoms with Crippen LogP contribution in [0.15, 0.2) is 0 Å². The van der Waals surface area contributed by atoms with Gasteiger partial charge >= 0.3 is 0 Å². The number of fused-ring (bicyclic) bond motifs is 1. The van der Waals surface area contributed by atoms with Crippen LogP contribution in [-0.4, -0.2) is 34.2 Å². The Kier molecular flexibility index (Phi) is 2.34. The van der Waals surface area contributed by atoms with Crippen LogP contribution in [0.4, 0.5) is 0 Å². The summed E-state index contributed by atoms with van der Waals surface area (Å²) in [6, 6.07) is 0. The van der Waals surface area contributed by atoms with Crippen LogP contribution >= 0.6 is 24.0 Å². The van der Waals surface area contributed by atoms with Crippen molar-refractivity contribution >= 4 is 28.3 Å². The summed E-state index contributed by atoms with van der Waals surface area (Å²) in [5.41, 5.74) is 0. The number of rotatable bonds is 0. The van der Waals surface area contributed by atoms with Crippen LogP contribution in [0.1, 0.15) is 12.8 Å². The molecule has 62 valence electrons. The number of nitrogens with one attached hydrogen (secondary N) is 1. The van der Waals surface area contributed by atoms with Crippen LogP contribution in [0.2, 0.25) is 0 Å². The Balaban J connectivity index is 2.06. The molecule has 2 saturated heterocycles. The maximum absolute atomic E-state index is 5.23. The van der Waals surface area contributed by atoms with E-state index >= 15 is 0 Å². The molecule has 2 rings (SSSR count). The van der Waals surface area contributed by atoms with E-state index in [-0.39, 0.29) is 0 Å². The smallest absolute Gasteiger partial charge is 0.137 e. The van der Waals surface area contributed by atoms with Crippen LogP contribution in [0, 0.1) is 0 Å². The average Bonchev–Trinajstić information content (AvgIpc) is 2.25. The van der Waals surface area contributed by atoms with E-state index in [1.807, 2.05) is 0 Å². The lowest BCUT2D eigenvalue weighted by Crippen LogP contribution is -2.42. The highest BCUT2D eigenvalue weighted by molar-refractivity contribution is 8.23. The van der Waals surface area contributed by atoms with E-state index in [0.29, 0.717) is 6.17 Å². The Morgan fingerprint density at radius 1 is 1.55 bits per heavy atom. The number of hydrogen-bond donors (Lipinski definition) is 1. The fourth-order valence-electron chi connectivity index (χ4n) is 1.54. The van der Waals surface area contributed by atoms with E-state index in [1.165, 1.54) is 12.8 Å². The molecule has 0 aliphatic carbocycles. The van der Waals surface area contributed by atoms with Gasteiger partial charge < -0.3 is 4.90 Å². The number of nitrogens with zero attached hydrogens (tertiary/aromatic N) is 1. The Morgan fingerprint density at radius 3 is 3.36 bits per heavy atom. The highest BCUT2D eigenvalue weighted by atomic mass is 32.2. The van der Waals surface area contributed by atoms with Gasteiger partial charge in [-0.15, -0.1) is 0 Å². The third-order valence-electron chi connectivity index (χ3n) is 2.18. The van der Waals surface area contributed by atoms with E-state index in [1.54, 1.807) is 11.8 Å². The lowest BCUT2D eigenvalue weighted by molar-refractivity contribution is 0.333. The van der Waals surface area contributed by atoms with Crippen molar-refractivity contribution in [3.05, 3.63) is 0 Å². The number of hydrogen-bond acceptors (Lipinski definition) is 3. The molecule has 1 N–H and O–H groups in total. The third-order valence-corrected chi connectivity index (χ3v) is 3.73. The number of thiocarbonyl (C=S) groups is 1. The Morgan fingerprint density at radius 2 is 2.45 bits per heavy atom. The second kappa shape index (κ2) is 3.29. The van der Waals surface area contributed by atoms with E-state index in [0.717, 1.165) is 23.2 Å². The van der Waals surface area contributed by atoms with Crippen molar-refractivity contribution in [2.24, 2.45) is 0 Å². The molecular weight excluding hydrogens is 176 g/mol. The van der Waals surface area contributed by atoms with Gasteiger partial charge in [0.05, 0.1) is 6.17 Å². The molecule has 0 spiro atoms. The molecule has 0 saturated carbocycles. The predicted molar refractivity (Wildman–Crippen MR) is 52.8 cm³/mol. The molecule has 0 amide bonds. The van der Waals surface area contributed by atoms with Crippen LogP contribution in [0.25, 0.3) is 0 Å². The first kappa shape index (κ1) is 7.83. The maximum Gasteiger partial charge on any atom is 0.137 e. The highest BCUT2D eigenvalue weighted by Gasteiger charge is 2.28. The third kappa shape index (κ3) is 1.53. The van der Waals surface area contributed by atoms with Crippen LogP contribution in [0.5, 0.6) is 0 Å². The zero-order chi connectivity index (χ0) is 7.68. The van der Waals surface area contributed by atoms with Gasteiger partial charge in [-0.3, -0.25) is 5.32 Å². The number of thioether (sulfide) groups is 1. The van der Waals surface area contributed by atoms with Gasteiger partial charge in [-0.1, -0.05) is 24.0 Å². The van der Waals surface area contributed by atoms with Gasteiger partial charge in [0.1, 0.15) is 4.32 Å². The zero-order valence-corrected chi connectivity index (χ0v) is 8.01. The Hall–Kier alpha value is 0.200. The normalized spacial score (nSPS) is 31.8. The fourth-order valence-corrected chi connectivity index (χ4v) is 2.95. The van der Waals surface area contributed by atoms with Crippen molar-refractivity contribution in [3.8, 4) is 0 Å². The largest absolute Gasteiger partial charge is 0.341 e. The van der Waals surface area contributed by atoms with Gasteiger partial charge in [0.25, 0.3) is 0 Å². The summed E-state index contributed by atoms with van der Waals surface area (Å²) in [7, 11) is 0. The second-order valence-corrected chi connectivity index (χ2v) is 4.60. The molecule has 0 aromatic heterocycles. The van der Waals surface area contributed by atoms with Gasteiger partial charge in [0.2, 0.25) is 0 Å². The Bertz CT molecular complexity index is 172. The molecule has 0 aromatic carbocycles. The van der Waals surface area contributed by atoms with Crippen molar-refractivity contribution in [3.63, 3.8) is 0 Å². The standard InChI is InChI=1S/C7H12N2S2/c10-7-9-4-2-1-3-8-6(9)5-11-7/h6,8H,1-5H2/t6-/m0/s1. The summed E-state index contributed by atoms with van der Waals surface area (Å²) in [5.74, 6) is 1.14. The molecule has 1 atom stereocenters. The molecule has 0 aromatic rings. The van der Waals surface area contributed by atoms with E-state index in [9.17, 15) is 0 Å². The Labute approximate surface area is 76.7 Å². The molecule has 2 aliphatic rings. The van der Waals surface area contributed by atoms with Crippen molar-refractivity contribution in [2.45, 2.75) is 19.0 Å². The average molecular weight is 188 g/mol. The molecule has 2 aliphatic heterocycles. The summed E-state index contributed by atoms with van der Waals surface area (Å²) >= 11 is 7.03. The lowest BCUT2D eigenvalue weighted by atomic mass is 10.3. The SMILES string of the molecule is S=C1SC[C@H]2NCCCCN12. The molecule has 2 heterocycles. The topological polar surface area (TPSA) is 15.3 Å². The van der Waals surface area contributed by atoms with Gasteiger partial charge in [0, 0.05) is 12.3 Å². The summed E-state index contributed by atoms with van der Waals surface area (Å²) in [4.78, 5) is 2.33. The summed E-state index contributed by atoms with van der Waals surface area (Å²) in [6.07, 6.45) is 3.11. The molecule has 4 heteroatoms. The molecule has 0 bridgehead atoms. The van der Waals surface area contributed by atoms with Crippen LogP contribution in [-0.2, 0) is 0 Å². The van der Waals surface area contributed by atoms with Gasteiger partial charge in [0.15, 0.2) is 0 Å². The van der Waals surface area contributed by atoms with Gasteiger partial charge in [-0.05, 0) is 19.4 Å². The summed E-state index contributed by atoms with van der Waals surface area (Å²) in [5, 5.41) is 3.49. The van der Waals surface area contributed by atoms with Crippen LogP contribution < -0.4 is 5.32 Å². The van der Waals surface area contributed by atoms with Crippen molar-refractivity contribution < 1.29 is 0 Å². The van der Waals surface area contributed by atoms with E-state index in [4.69, 9.17) is 12.2 Å². The molecule has 0 unspecified atom stereocenters. The monoisotopic (exact) mass is 188 g/mol. The summed E-state index contributed by atoms with van der Waals surface area (Å²) in [6.45, 7) is 2.31. The molecule has 2 nitrogen and oxygen atoms in total. The van der Waals surface area contributed by atoms with Gasteiger partial charge in [-0.25, -0.2) is 0 Å². The van der Waals surface area contributed by atoms with Crippen molar-refractivity contribution in [2.75, 3.05) is 18.8 Å². The minimum atomic E-state index is 0.537. The predicted octanol–water partition coefficient (Wildman–Crippen LogP) is 1.03. The quantitative estimate of drug-likeness (QED) is 0.571. The van der Waals surface area contributed by atoms with Crippen LogP contribution in [0.3, 0.4) is 0 Å². The minimum Gasteiger partial charge on any atom is -0.341 e. The molecule has 0 radical (unpaired) electrons. The molecule has 2 fully saturated rings. The first-order valence-electron chi connectivity index (χ1n) is 4.05. The first-order valence-corrected chi connectivity index (χ1v) is 5.44. The summed E-state index contributed by atoms with van der Waals surface area (Å²) < 4.78 is 1.09. The second-order valence-electron chi connectivity index (χ2n) is 2.95. The van der Waals surface area contributed by atoms with Gasteiger partial charge in [-0.2, -0.15) is 0 Å². The maximum atomic E-state index is 5.23. The van der Waals surface area contributed by atoms with Crippen molar-refractivity contribution in [1.29, 1.82) is 0 Å². The zero-order valence-electron chi connectivity index (χ0n) is 6.38. The highest BCUT2D eigenvalue weighted by Crippen LogP contribution is 2.24. The minimum absolute atomic E-state index is 0.537. The molecule has 11 heavy (non-hydrogen) atoms. The fraction of sp³-hybridized carbons (Fsp3) is 0.857. The lowest BCUT2D eigenvalue weighted by Gasteiger charge is -2.22. The molecular formula is C7H12N2S2.